The third-order valence-electron chi connectivity index (χ3n) is 2.93. The number of nitrogens with zero attached hydrogens (tertiary/aromatic N) is 1. The van der Waals surface area contributed by atoms with Gasteiger partial charge in [0.25, 0.3) is 0 Å². The molecule has 19 heavy (non-hydrogen) atoms. The van der Waals surface area contributed by atoms with Crippen molar-refractivity contribution in [3.63, 3.8) is 0 Å². The maximum Gasteiger partial charge on any atom is 0.226 e. The van der Waals surface area contributed by atoms with Crippen molar-refractivity contribution in [2.45, 2.75) is 6.42 Å². The third kappa shape index (κ3) is 2.53. The molecule has 5 heteroatoms. The molecule has 1 amide bonds. The second-order valence-corrected chi connectivity index (χ2v) is 4.76. The summed E-state index contributed by atoms with van der Waals surface area (Å²) in [5.74, 6) is 0.701. The average molecular weight is 274 g/mol. The quantitative estimate of drug-likeness (QED) is 0.839. The first-order chi connectivity index (χ1) is 9.22. The monoisotopic (exact) mass is 273 g/mol. The summed E-state index contributed by atoms with van der Waals surface area (Å²) in [5.41, 5.74) is 2.49. The zero-order valence-corrected chi connectivity index (χ0v) is 10.9. The van der Waals surface area contributed by atoms with E-state index in [0.717, 1.165) is 11.3 Å². The Kier molecular flexibility index (Phi) is 3.09. The number of halogens is 1. The number of benzene rings is 1. The molecule has 2 N–H and O–H groups in total. The number of pyridine rings is 1. The first-order valence-corrected chi connectivity index (χ1v) is 6.41. The smallest absolute Gasteiger partial charge is 0.226 e. The van der Waals surface area contributed by atoms with Gasteiger partial charge in [-0.3, -0.25) is 4.79 Å². The molecule has 2 heterocycles. The van der Waals surface area contributed by atoms with E-state index in [1.54, 1.807) is 0 Å². The normalized spacial score (nSPS) is 14.1. The van der Waals surface area contributed by atoms with Gasteiger partial charge < -0.3 is 10.6 Å². The topological polar surface area (TPSA) is 54.0 Å². The zero-order valence-electron chi connectivity index (χ0n) is 10.1. The zero-order chi connectivity index (χ0) is 13.2. The minimum Gasteiger partial charge on any atom is -0.368 e. The number of nitrogens with one attached hydrogen (secondary N) is 2. The lowest BCUT2D eigenvalue weighted by atomic mass is 10.1. The van der Waals surface area contributed by atoms with Crippen LogP contribution < -0.4 is 10.6 Å². The largest absolute Gasteiger partial charge is 0.368 e. The second kappa shape index (κ2) is 4.90. The molecule has 1 aromatic carbocycles. The van der Waals surface area contributed by atoms with Crippen LogP contribution >= 0.6 is 11.6 Å². The molecular formula is C14H12ClN3O. The van der Waals surface area contributed by atoms with Crippen LogP contribution in [0.4, 0.5) is 11.5 Å². The van der Waals surface area contributed by atoms with E-state index in [0.29, 0.717) is 29.5 Å². The summed E-state index contributed by atoms with van der Waals surface area (Å²) in [6.45, 7) is 0.588. The maximum absolute atomic E-state index is 11.4. The number of aromatic nitrogens is 1. The van der Waals surface area contributed by atoms with Crippen molar-refractivity contribution in [2.75, 3.05) is 17.2 Å². The first-order valence-electron chi connectivity index (χ1n) is 6.03. The van der Waals surface area contributed by atoms with Crippen molar-refractivity contribution in [1.29, 1.82) is 0 Å². The summed E-state index contributed by atoms with van der Waals surface area (Å²) in [5, 5.41) is 6.65. The van der Waals surface area contributed by atoms with Gasteiger partial charge in [-0.25, -0.2) is 4.98 Å². The van der Waals surface area contributed by atoms with E-state index < -0.39 is 0 Å². The molecule has 2 aromatic rings. The maximum atomic E-state index is 11.4. The van der Waals surface area contributed by atoms with Gasteiger partial charge in [-0.1, -0.05) is 23.7 Å². The van der Waals surface area contributed by atoms with Crippen LogP contribution in [-0.2, 0) is 4.79 Å². The Balaban J connectivity index is 2.01. The standard InChI is InChI=1S/C14H12ClN3O/c15-10-3-1-2-9(8-10)11-4-5-12-14(18-11)16-7-6-13(19)17-12/h1-5,8H,6-7H2,(H,16,18)(H,17,19). The lowest BCUT2D eigenvalue weighted by Gasteiger charge is -2.09. The molecule has 96 valence electrons. The average Bonchev–Trinajstić information content (AvgIpc) is 2.58. The van der Waals surface area contributed by atoms with Gasteiger partial charge in [0.05, 0.1) is 11.4 Å². The molecule has 0 spiro atoms. The Morgan fingerprint density at radius 3 is 2.95 bits per heavy atom. The summed E-state index contributed by atoms with van der Waals surface area (Å²) in [7, 11) is 0. The highest BCUT2D eigenvalue weighted by Crippen LogP contribution is 2.27. The molecule has 1 aliphatic rings. The molecule has 0 unspecified atom stereocenters. The van der Waals surface area contributed by atoms with Gasteiger partial charge in [0.15, 0.2) is 5.82 Å². The van der Waals surface area contributed by atoms with Crippen molar-refractivity contribution in [3.05, 3.63) is 41.4 Å². The number of hydrogen-bond donors (Lipinski definition) is 2. The molecule has 1 aliphatic heterocycles. The summed E-state index contributed by atoms with van der Waals surface area (Å²) in [4.78, 5) is 16.0. The van der Waals surface area contributed by atoms with Crippen LogP contribution in [0.1, 0.15) is 6.42 Å². The molecule has 1 aromatic heterocycles. The fourth-order valence-corrected chi connectivity index (χ4v) is 2.20. The Labute approximate surface area is 115 Å². The van der Waals surface area contributed by atoms with Crippen molar-refractivity contribution < 1.29 is 4.79 Å². The van der Waals surface area contributed by atoms with Crippen LogP contribution in [0.15, 0.2) is 36.4 Å². The number of rotatable bonds is 1. The predicted molar refractivity (Wildman–Crippen MR) is 76.4 cm³/mol. The van der Waals surface area contributed by atoms with Crippen molar-refractivity contribution in [1.82, 2.24) is 4.98 Å². The Morgan fingerprint density at radius 2 is 2.11 bits per heavy atom. The second-order valence-electron chi connectivity index (χ2n) is 4.33. The van der Waals surface area contributed by atoms with E-state index in [1.807, 2.05) is 36.4 Å². The van der Waals surface area contributed by atoms with Crippen LogP contribution in [0.3, 0.4) is 0 Å². The molecular weight excluding hydrogens is 262 g/mol. The van der Waals surface area contributed by atoms with Gasteiger partial charge >= 0.3 is 0 Å². The SMILES string of the molecule is O=C1CCNc2nc(-c3cccc(Cl)c3)ccc2N1. The minimum atomic E-state index is 0.00329. The van der Waals surface area contributed by atoms with Crippen molar-refractivity contribution in [2.24, 2.45) is 0 Å². The summed E-state index contributed by atoms with van der Waals surface area (Å²) in [6.07, 6.45) is 0.447. The molecule has 3 rings (SSSR count). The Bertz CT molecular complexity index is 642. The van der Waals surface area contributed by atoms with Crippen molar-refractivity contribution >= 4 is 29.0 Å². The van der Waals surface area contributed by atoms with E-state index in [2.05, 4.69) is 15.6 Å². The molecule has 0 fully saturated rings. The number of anilines is 2. The highest BCUT2D eigenvalue weighted by atomic mass is 35.5. The van der Waals surface area contributed by atoms with Crippen molar-refractivity contribution in [3.8, 4) is 11.3 Å². The van der Waals surface area contributed by atoms with E-state index in [1.165, 1.54) is 0 Å². The molecule has 0 atom stereocenters. The van der Waals surface area contributed by atoms with Gasteiger partial charge in [0.1, 0.15) is 0 Å². The van der Waals surface area contributed by atoms with Crippen LogP contribution in [0.25, 0.3) is 11.3 Å². The molecule has 4 nitrogen and oxygen atoms in total. The minimum absolute atomic E-state index is 0.00329. The van der Waals surface area contributed by atoms with E-state index >= 15 is 0 Å². The Hall–Kier alpha value is -2.07. The number of carbonyl (C=O) groups is 1. The van der Waals surface area contributed by atoms with Crippen LogP contribution in [-0.4, -0.2) is 17.4 Å². The highest BCUT2D eigenvalue weighted by molar-refractivity contribution is 6.30. The molecule has 0 aliphatic carbocycles. The van der Waals surface area contributed by atoms with Gasteiger partial charge in [-0.2, -0.15) is 0 Å². The van der Waals surface area contributed by atoms with Crippen LogP contribution in [0, 0.1) is 0 Å². The number of hydrogen-bond acceptors (Lipinski definition) is 3. The van der Waals surface area contributed by atoms with Gasteiger partial charge in [0, 0.05) is 23.6 Å². The molecule has 0 bridgehead atoms. The summed E-state index contributed by atoms with van der Waals surface area (Å²) < 4.78 is 0. The van der Waals surface area contributed by atoms with E-state index in [-0.39, 0.29) is 5.91 Å². The summed E-state index contributed by atoms with van der Waals surface area (Å²) >= 11 is 5.98. The van der Waals surface area contributed by atoms with Crippen LogP contribution in [0.5, 0.6) is 0 Å². The van der Waals surface area contributed by atoms with Gasteiger partial charge in [0.2, 0.25) is 5.91 Å². The number of fused-ring (bicyclic) bond motifs is 1. The summed E-state index contributed by atoms with van der Waals surface area (Å²) in [6, 6.07) is 11.3. The number of amides is 1. The lowest BCUT2D eigenvalue weighted by molar-refractivity contribution is -0.115. The van der Waals surface area contributed by atoms with E-state index in [4.69, 9.17) is 11.6 Å². The van der Waals surface area contributed by atoms with E-state index in [9.17, 15) is 4.79 Å². The number of carbonyl (C=O) groups excluding carboxylic acids is 1. The van der Waals surface area contributed by atoms with Gasteiger partial charge in [-0.15, -0.1) is 0 Å². The molecule has 0 saturated heterocycles. The highest BCUT2D eigenvalue weighted by Gasteiger charge is 2.14. The fraction of sp³-hybridized carbons (Fsp3) is 0.143. The first kappa shape index (κ1) is 12.0. The van der Waals surface area contributed by atoms with Gasteiger partial charge in [-0.05, 0) is 24.3 Å². The Morgan fingerprint density at radius 1 is 1.21 bits per heavy atom. The fourth-order valence-electron chi connectivity index (χ4n) is 2.01. The molecule has 0 radical (unpaired) electrons. The third-order valence-corrected chi connectivity index (χ3v) is 3.17. The predicted octanol–water partition coefficient (Wildman–Crippen LogP) is 3.16. The molecule has 0 saturated carbocycles. The lowest BCUT2D eigenvalue weighted by Crippen LogP contribution is -2.10. The van der Waals surface area contributed by atoms with Crippen LogP contribution in [0.2, 0.25) is 5.02 Å².